The molecule has 0 saturated carbocycles. The van der Waals surface area contributed by atoms with E-state index in [1.807, 2.05) is 42.5 Å². The van der Waals surface area contributed by atoms with Crippen molar-refractivity contribution in [3.05, 3.63) is 96.6 Å². The van der Waals surface area contributed by atoms with Crippen molar-refractivity contribution in [1.29, 1.82) is 0 Å². The monoisotopic (exact) mass is 495 g/mol. The molecule has 3 aromatic carbocycles. The molecular weight excluding hydrogens is 474 g/mol. The number of nitrogens with zero attached hydrogens (tertiary/aromatic N) is 4. The Labute approximate surface area is 211 Å². The summed E-state index contributed by atoms with van der Waals surface area (Å²) in [6, 6.07) is 28.7. The molecule has 0 unspecified atom stereocenters. The lowest BCUT2D eigenvalue weighted by Gasteiger charge is -2.06. The van der Waals surface area contributed by atoms with Gasteiger partial charge in [0.15, 0.2) is 5.65 Å². The number of carbonyl (C=O) groups is 2. The zero-order chi connectivity index (χ0) is 24.9. The van der Waals surface area contributed by atoms with Crippen molar-refractivity contribution in [2.45, 2.75) is 5.16 Å². The molecule has 0 aliphatic rings. The Hall–Kier alpha value is -4.50. The molecule has 0 aliphatic carbocycles. The quantitative estimate of drug-likeness (QED) is 0.251. The zero-order valence-corrected chi connectivity index (χ0v) is 20.1. The number of hydrogen-bond donors (Lipinski definition) is 1. The van der Waals surface area contributed by atoms with E-state index < -0.39 is 5.97 Å². The van der Waals surface area contributed by atoms with Crippen LogP contribution in [0.2, 0.25) is 0 Å². The van der Waals surface area contributed by atoms with Crippen LogP contribution in [0.4, 0.5) is 5.69 Å². The normalized spacial score (nSPS) is 10.8. The summed E-state index contributed by atoms with van der Waals surface area (Å²) >= 11 is 1.24. The van der Waals surface area contributed by atoms with E-state index in [9.17, 15) is 9.59 Å². The van der Waals surface area contributed by atoms with E-state index in [0.717, 1.165) is 22.4 Å². The molecule has 0 atom stereocenters. The van der Waals surface area contributed by atoms with Gasteiger partial charge in [0.25, 0.3) is 0 Å². The van der Waals surface area contributed by atoms with Gasteiger partial charge in [-0.15, -0.1) is 10.2 Å². The number of rotatable bonds is 7. The summed E-state index contributed by atoms with van der Waals surface area (Å²) in [5.74, 6) is -0.520. The molecule has 0 saturated heterocycles. The minimum atomic E-state index is -0.430. The van der Waals surface area contributed by atoms with Gasteiger partial charge in [0.05, 0.1) is 24.1 Å². The van der Waals surface area contributed by atoms with Gasteiger partial charge in [0, 0.05) is 11.3 Å². The summed E-state index contributed by atoms with van der Waals surface area (Å²) in [6.45, 7) is 0. The first-order chi connectivity index (χ1) is 17.6. The Morgan fingerprint density at radius 2 is 1.53 bits per heavy atom. The second kappa shape index (κ2) is 10.4. The predicted octanol–water partition coefficient (Wildman–Crippen LogP) is 4.98. The van der Waals surface area contributed by atoms with Crippen LogP contribution in [0.1, 0.15) is 10.4 Å². The van der Waals surface area contributed by atoms with Crippen LogP contribution in [0.15, 0.2) is 96.2 Å². The fourth-order valence-electron chi connectivity index (χ4n) is 3.61. The molecule has 0 bridgehead atoms. The van der Waals surface area contributed by atoms with E-state index in [1.54, 1.807) is 28.8 Å². The average molecular weight is 496 g/mol. The maximum absolute atomic E-state index is 12.5. The summed E-state index contributed by atoms with van der Waals surface area (Å²) in [5, 5.41) is 16.4. The Morgan fingerprint density at radius 3 is 2.25 bits per heavy atom. The van der Waals surface area contributed by atoms with Gasteiger partial charge in [0.1, 0.15) is 0 Å². The van der Waals surface area contributed by atoms with E-state index in [2.05, 4.69) is 44.5 Å². The van der Waals surface area contributed by atoms with Gasteiger partial charge >= 0.3 is 5.97 Å². The molecule has 5 rings (SSSR count). The number of fused-ring (bicyclic) bond motifs is 1. The van der Waals surface area contributed by atoms with Gasteiger partial charge in [0.2, 0.25) is 11.1 Å². The third kappa shape index (κ3) is 5.11. The van der Waals surface area contributed by atoms with E-state index >= 15 is 0 Å². The van der Waals surface area contributed by atoms with E-state index in [1.165, 1.54) is 18.9 Å². The fraction of sp³-hybridized carbons (Fsp3) is 0.0741. The minimum absolute atomic E-state index is 0.122. The molecular formula is C27H21N5O3S. The van der Waals surface area contributed by atoms with E-state index in [0.29, 0.717) is 22.1 Å². The van der Waals surface area contributed by atoms with Crippen LogP contribution in [0, 0.1) is 0 Å². The number of amides is 1. The SMILES string of the molecule is COC(=O)c1ccc(NC(=O)CSc2nnc3ccc(-c4ccc(-c5ccccc5)cc4)nn23)cc1. The highest BCUT2D eigenvalue weighted by atomic mass is 32.2. The summed E-state index contributed by atoms with van der Waals surface area (Å²) in [4.78, 5) is 24.0. The Bertz CT molecular complexity index is 1520. The number of methoxy groups -OCH3 is 1. The van der Waals surface area contributed by atoms with E-state index in [4.69, 9.17) is 5.10 Å². The van der Waals surface area contributed by atoms with Crippen LogP contribution in [-0.2, 0) is 9.53 Å². The number of thioether (sulfide) groups is 1. The Kier molecular flexibility index (Phi) is 6.72. The van der Waals surface area contributed by atoms with Crippen LogP contribution in [0.25, 0.3) is 28.0 Å². The second-order valence-corrected chi connectivity index (χ2v) is 8.76. The standard InChI is InChI=1S/C27H21N5O3S/c1-35-26(34)21-11-13-22(14-12-21)28-25(33)17-36-27-30-29-24-16-15-23(31-32(24)27)20-9-7-19(8-10-20)18-5-3-2-4-6-18/h2-16H,17H2,1H3,(H,28,33). The number of carbonyl (C=O) groups excluding carboxylic acids is 2. The molecule has 178 valence electrons. The molecule has 2 heterocycles. The van der Waals surface area contributed by atoms with Crippen LogP contribution >= 0.6 is 11.8 Å². The van der Waals surface area contributed by atoms with Crippen molar-refractivity contribution in [3.8, 4) is 22.4 Å². The van der Waals surface area contributed by atoms with Crippen molar-refractivity contribution in [1.82, 2.24) is 19.8 Å². The minimum Gasteiger partial charge on any atom is -0.465 e. The molecule has 1 amide bonds. The average Bonchev–Trinajstić information content (AvgIpc) is 3.34. The first-order valence-electron chi connectivity index (χ1n) is 11.1. The van der Waals surface area contributed by atoms with Gasteiger partial charge < -0.3 is 10.1 Å². The van der Waals surface area contributed by atoms with Gasteiger partial charge in [-0.1, -0.05) is 66.4 Å². The number of nitrogens with one attached hydrogen (secondary N) is 1. The van der Waals surface area contributed by atoms with Crippen LogP contribution in [0.3, 0.4) is 0 Å². The Morgan fingerprint density at radius 1 is 0.833 bits per heavy atom. The van der Waals surface area contributed by atoms with Crippen LogP contribution in [0.5, 0.6) is 0 Å². The maximum Gasteiger partial charge on any atom is 0.337 e. The second-order valence-electron chi connectivity index (χ2n) is 7.82. The lowest BCUT2D eigenvalue weighted by molar-refractivity contribution is -0.113. The lowest BCUT2D eigenvalue weighted by Crippen LogP contribution is -2.14. The highest BCUT2D eigenvalue weighted by molar-refractivity contribution is 7.99. The predicted molar refractivity (Wildman–Crippen MR) is 139 cm³/mol. The third-order valence-corrected chi connectivity index (χ3v) is 6.36. The molecule has 1 N–H and O–H groups in total. The molecule has 0 radical (unpaired) electrons. The summed E-state index contributed by atoms with van der Waals surface area (Å²) in [5.41, 5.74) is 5.62. The van der Waals surface area contributed by atoms with Crippen LogP contribution < -0.4 is 5.32 Å². The third-order valence-electron chi connectivity index (χ3n) is 5.44. The maximum atomic E-state index is 12.5. The summed E-state index contributed by atoms with van der Waals surface area (Å²) in [7, 11) is 1.32. The molecule has 0 aliphatic heterocycles. The van der Waals surface area contributed by atoms with Crippen molar-refractivity contribution in [2.24, 2.45) is 0 Å². The van der Waals surface area contributed by atoms with Crippen molar-refractivity contribution in [2.75, 3.05) is 18.2 Å². The van der Waals surface area contributed by atoms with Crippen molar-refractivity contribution in [3.63, 3.8) is 0 Å². The Balaban J connectivity index is 1.27. The summed E-state index contributed by atoms with van der Waals surface area (Å²) < 4.78 is 6.32. The zero-order valence-electron chi connectivity index (χ0n) is 19.3. The number of ether oxygens (including phenoxy) is 1. The topological polar surface area (TPSA) is 98.5 Å². The first kappa shape index (κ1) is 23.3. The van der Waals surface area contributed by atoms with Gasteiger partial charge in [-0.2, -0.15) is 9.61 Å². The van der Waals surface area contributed by atoms with Gasteiger partial charge in [-0.3, -0.25) is 4.79 Å². The van der Waals surface area contributed by atoms with Crippen LogP contribution in [-0.4, -0.2) is 44.6 Å². The number of hydrogen-bond acceptors (Lipinski definition) is 7. The smallest absolute Gasteiger partial charge is 0.337 e. The van der Waals surface area contributed by atoms with E-state index in [-0.39, 0.29) is 11.7 Å². The van der Waals surface area contributed by atoms with Crippen molar-refractivity contribution < 1.29 is 14.3 Å². The molecule has 8 nitrogen and oxygen atoms in total. The molecule has 0 spiro atoms. The van der Waals surface area contributed by atoms with Gasteiger partial charge in [-0.05, 0) is 47.5 Å². The van der Waals surface area contributed by atoms with Gasteiger partial charge in [-0.25, -0.2) is 4.79 Å². The largest absolute Gasteiger partial charge is 0.465 e. The molecule has 0 fully saturated rings. The lowest BCUT2D eigenvalue weighted by atomic mass is 10.0. The molecule has 5 aromatic rings. The molecule has 2 aromatic heterocycles. The number of anilines is 1. The highest BCUT2D eigenvalue weighted by Gasteiger charge is 2.13. The molecule has 9 heteroatoms. The first-order valence-corrected chi connectivity index (χ1v) is 12.1. The number of esters is 1. The summed E-state index contributed by atoms with van der Waals surface area (Å²) in [6.07, 6.45) is 0. The number of aromatic nitrogens is 4. The van der Waals surface area contributed by atoms with Crippen molar-refractivity contribution >= 4 is 35.0 Å². The number of benzene rings is 3. The fourth-order valence-corrected chi connectivity index (χ4v) is 4.30. The highest BCUT2D eigenvalue weighted by Crippen LogP contribution is 2.25. The molecule has 36 heavy (non-hydrogen) atoms.